The Bertz CT molecular complexity index is 616. The molecule has 0 saturated carbocycles. The van der Waals surface area contributed by atoms with Crippen LogP contribution in [0.25, 0.3) is 0 Å². The van der Waals surface area contributed by atoms with Gasteiger partial charge < -0.3 is 4.42 Å². The van der Waals surface area contributed by atoms with Crippen LogP contribution in [0.3, 0.4) is 0 Å². The van der Waals surface area contributed by atoms with Crippen LogP contribution < -0.4 is 5.32 Å². The standard InChI is InChI=1S/C17H21N3O2/c1-13(21)19-17-18-11-16(22-17)12-20-9-7-15(8-10-20)14-5-3-2-4-6-14/h2-6,11,15H,7-10,12H2,1H3,(H,18,19,21). The molecular formula is C17H21N3O2. The van der Waals surface area contributed by atoms with Crippen LogP contribution >= 0.6 is 0 Å². The summed E-state index contributed by atoms with van der Waals surface area (Å²) in [6.45, 7) is 4.29. The maximum Gasteiger partial charge on any atom is 0.301 e. The van der Waals surface area contributed by atoms with Gasteiger partial charge in [0.1, 0.15) is 5.76 Å². The molecule has 1 saturated heterocycles. The summed E-state index contributed by atoms with van der Waals surface area (Å²) in [5.41, 5.74) is 1.44. The van der Waals surface area contributed by atoms with Crippen molar-refractivity contribution in [1.82, 2.24) is 9.88 Å². The average molecular weight is 299 g/mol. The normalized spacial score (nSPS) is 16.6. The van der Waals surface area contributed by atoms with Gasteiger partial charge in [0.25, 0.3) is 0 Å². The van der Waals surface area contributed by atoms with Gasteiger partial charge in [0.15, 0.2) is 0 Å². The second-order valence-electron chi connectivity index (χ2n) is 5.77. The van der Waals surface area contributed by atoms with E-state index in [0.29, 0.717) is 5.92 Å². The number of likely N-dealkylation sites (tertiary alicyclic amines) is 1. The highest BCUT2D eigenvalue weighted by atomic mass is 16.4. The molecule has 1 aliphatic heterocycles. The molecule has 5 heteroatoms. The third kappa shape index (κ3) is 3.74. The fraction of sp³-hybridized carbons (Fsp3) is 0.412. The van der Waals surface area contributed by atoms with Gasteiger partial charge >= 0.3 is 6.01 Å². The minimum atomic E-state index is -0.169. The number of benzene rings is 1. The van der Waals surface area contributed by atoms with E-state index in [9.17, 15) is 4.79 Å². The molecule has 0 bridgehead atoms. The van der Waals surface area contributed by atoms with E-state index >= 15 is 0 Å². The number of nitrogens with zero attached hydrogens (tertiary/aromatic N) is 2. The highest BCUT2D eigenvalue weighted by molar-refractivity contribution is 5.86. The van der Waals surface area contributed by atoms with Crippen molar-refractivity contribution >= 4 is 11.9 Å². The van der Waals surface area contributed by atoms with E-state index in [1.54, 1.807) is 6.20 Å². The number of hydrogen-bond donors (Lipinski definition) is 1. The van der Waals surface area contributed by atoms with Gasteiger partial charge in [-0.15, -0.1) is 0 Å². The van der Waals surface area contributed by atoms with E-state index < -0.39 is 0 Å². The quantitative estimate of drug-likeness (QED) is 0.943. The summed E-state index contributed by atoms with van der Waals surface area (Å²) >= 11 is 0. The fourth-order valence-electron chi connectivity index (χ4n) is 2.96. The van der Waals surface area contributed by atoms with E-state index in [2.05, 4.69) is 45.5 Å². The van der Waals surface area contributed by atoms with Crippen LogP contribution in [-0.4, -0.2) is 28.9 Å². The topological polar surface area (TPSA) is 58.4 Å². The van der Waals surface area contributed by atoms with Crippen LogP contribution in [0, 0.1) is 0 Å². The van der Waals surface area contributed by atoms with E-state index in [1.807, 2.05) is 0 Å². The summed E-state index contributed by atoms with van der Waals surface area (Å²) < 4.78 is 5.52. The Balaban J connectivity index is 1.51. The third-order valence-corrected chi connectivity index (χ3v) is 4.07. The molecule has 5 nitrogen and oxygen atoms in total. The van der Waals surface area contributed by atoms with E-state index in [1.165, 1.54) is 12.5 Å². The van der Waals surface area contributed by atoms with Gasteiger partial charge in [-0.05, 0) is 37.4 Å². The van der Waals surface area contributed by atoms with Gasteiger partial charge in [-0.25, -0.2) is 4.98 Å². The molecule has 2 heterocycles. The first-order chi connectivity index (χ1) is 10.7. The maximum absolute atomic E-state index is 11.0. The first-order valence-electron chi connectivity index (χ1n) is 7.70. The summed E-state index contributed by atoms with van der Waals surface area (Å²) in [7, 11) is 0. The largest absolute Gasteiger partial charge is 0.427 e. The summed E-state index contributed by atoms with van der Waals surface area (Å²) in [6, 6.07) is 11.0. The first kappa shape index (κ1) is 14.8. The molecule has 1 fully saturated rings. The molecule has 3 rings (SSSR count). The van der Waals surface area contributed by atoms with Gasteiger partial charge in [0.2, 0.25) is 5.91 Å². The van der Waals surface area contributed by atoms with Gasteiger partial charge in [-0.1, -0.05) is 30.3 Å². The Morgan fingerprint density at radius 2 is 2.05 bits per heavy atom. The zero-order valence-electron chi connectivity index (χ0n) is 12.8. The highest BCUT2D eigenvalue weighted by Crippen LogP contribution is 2.28. The maximum atomic E-state index is 11.0. The molecule has 1 N–H and O–H groups in total. The molecule has 2 aromatic rings. The molecule has 22 heavy (non-hydrogen) atoms. The minimum Gasteiger partial charge on any atom is -0.427 e. The lowest BCUT2D eigenvalue weighted by Gasteiger charge is -2.31. The SMILES string of the molecule is CC(=O)Nc1ncc(CN2CCC(c3ccccc3)CC2)o1. The van der Waals surface area contributed by atoms with Crippen molar-refractivity contribution in [1.29, 1.82) is 0 Å². The lowest BCUT2D eigenvalue weighted by atomic mass is 9.89. The number of oxazole rings is 1. The second kappa shape index (κ2) is 6.75. The van der Waals surface area contributed by atoms with Crippen molar-refractivity contribution in [2.24, 2.45) is 0 Å². The molecule has 0 unspecified atom stereocenters. The van der Waals surface area contributed by atoms with Crippen LogP contribution in [0.1, 0.15) is 37.0 Å². The Labute approximate surface area is 130 Å². The van der Waals surface area contributed by atoms with Crippen LogP contribution in [0.15, 0.2) is 40.9 Å². The van der Waals surface area contributed by atoms with Crippen molar-refractivity contribution in [2.75, 3.05) is 18.4 Å². The zero-order chi connectivity index (χ0) is 15.4. The van der Waals surface area contributed by atoms with Crippen LogP contribution in [-0.2, 0) is 11.3 Å². The van der Waals surface area contributed by atoms with Gasteiger partial charge in [0.05, 0.1) is 12.7 Å². The molecule has 0 atom stereocenters. The van der Waals surface area contributed by atoms with Crippen molar-refractivity contribution in [3.63, 3.8) is 0 Å². The second-order valence-corrected chi connectivity index (χ2v) is 5.77. The Morgan fingerprint density at radius 1 is 1.32 bits per heavy atom. The summed E-state index contributed by atoms with van der Waals surface area (Å²) in [6.07, 6.45) is 4.02. The fourth-order valence-corrected chi connectivity index (χ4v) is 2.96. The van der Waals surface area contributed by atoms with Crippen LogP contribution in [0.4, 0.5) is 6.01 Å². The number of rotatable bonds is 4. The van der Waals surface area contributed by atoms with Crippen LogP contribution in [0.2, 0.25) is 0 Å². The molecule has 0 radical (unpaired) electrons. The number of carbonyl (C=O) groups is 1. The molecule has 116 valence electrons. The van der Waals surface area contributed by atoms with Crippen LogP contribution in [0.5, 0.6) is 0 Å². The molecule has 1 aromatic heterocycles. The average Bonchev–Trinajstić information content (AvgIpc) is 2.95. The number of hydrogen-bond acceptors (Lipinski definition) is 4. The Morgan fingerprint density at radius 3 is 2.73 bits per heavy atom. The smallest absolute Gasteiger partial charge is 0.301 e. The van der Waals surface area contributed by atoms with Crippen molar-refractivity contribution in [3.8, 4) is 0 Å². The summed E-state index contributed by atoms with van der Waals surface area (Å²) in [4.78, 5) is 17.4. The van der Waals surface area contributed by atoms with Gasteiger partial charge in [-0.2, -0.15) is 0 Å². The van der Waals surface area contributed by atoms with E-state index in [0.717, 1.165) is 38.2 Å². The van der Waals surface area contributed by atoms with Gasteiger partial charge in [0, 0.05) is 6.92 Å². The predicted molar refractivity (Wildman–Crippen MR) is 84.5 cm³/mol. The lowest BCUT2D eigenvalue weighted by Crippen LogP contribution is -2.32. The predicted octanol–water partition coefficient (Wildman–Crippen LogP) is 3.01. The highest BCUT2D eigenvalue weighted by Gasteiger charge is 2.21. The van der Waals surface area contributed by atoms with E-state index in [4.69, 9.17) is 4.42 Å². The number of carbonyl (C=O) groups excluding carboxylic acids is 1. The third-order valence-electron chi connectivity index (χ3n) is 4.07. The zero-order valence-corrected chi connectivity index (χ0v) is 12.8. The van der Waals surface area contributed by atoms with Crippen molar-refractivity contribution in [3.05, 3.63) is 47.9 Å². The number of anilines is 1. The molecular weight excluding hydrogens is 278 g/mol. The summed E-state index contributed by atoms with van der Waals surface area (Å²) in [5.74, 6) is 1.28. The first-order valence-corrected chi connectivity index (χ1v) is 7.70. The molecule has 0 spiro atoms. The summed E-state index contributed by atoms with van der Waals surface area (Å²) in [5, 5.41) is 2.56. The lowest BCUT2D eigenvalue weighted by molar-refractivity contribution is -0.114. The number of aromatic nitrogens is 1. The monoisotopic (exact) mass is 299 g/mol. The molecule has 1 aromatic carbocycles. The number of nitrogens with one attached hydrogen (secondary N) is 1. The molecule has 1 amide bonds. The van der Waals surface area contributed by atoms with Crippen molar-refractivity contribution < 1.29 is 9.21 Å². The molecule has 1 aliphatic rings. The Kier molecular flexibility index (Phi) is 4.53. The Hall–Kier alpha value is -2.14. The van der Waals surface area contributed by atoms with E-state index in [-0.39, 0.29) is 11.9 Å². The molecule has 0 aliphatic carbocycles. The minimum absolute atomic E-state index is 0.169. The van der Waals surface area contributed by atoms with Gasteiger partial charge in [-0.3, -0.25) is 15.0 Å². The number of piperidine rings is 1. The number of amides is 1. The van der Waals surface area contributed by atoms with Crippen molar-refractivity contribution in [2.45, 2.75) is 32.2 Å².